The summed E-state index contributed by atoms with van der Waals surface area (Å²) in [6.45, 7) is 0. The zero-order chi connectivity index (χ0) is 9.97. The van der Waals surface area contributed by atoms with Crippen LogP contribution in [-0.2, 0) is 4.79 Å². The molecular weight excluding hydrogens is 174 g/mol. The Hall–Kier alpha value is -1.31. The van der Waals surface area contributed by atoms with Crippen LogP contribution in [0.15, 0.2) is 24.3 Å². The highest BCUT2D eigenvalue weighted by Crippen LogP contribution is 2.30. The molecule has 1 atom stereocenters. The van der Waals surface area contributed by atoms with E-state index in [9.17, 15) is 4.79 Å². The molecule has 1 fully saturated rings. The smallest absolute Gasteiger partial charge is 0.140 e. The Morgan fingerprint density at radius 1 is 1.14 bits per heavy atom. The average Bonchev–Trinajstić information content (AvgIpc) is 2.20. The van der Waals surface area contributed by atoms with Crippen molar-refractivity contribution in [3.05, 3.63) is 29.8 Å². The summed E-state index contributed by atoms with van der Waals surface area (Å²) >= 11 is 0. The Morgan fingerprint density at radius 3 is 2.50 bits per heavy atom. The van der Waals surface area contributed by atoms with Crippen LogP contribution in [0.2, 0.25) is 0 Å². The van der Waals surface area contributed by atoms with Gasteiger partial charge in [-0.3, -0.25) is 4.79 Å². The Balaban J connectivity index is 2.20. The molecule has 1 unspecified atom stereocenters. The second-order valence-electron chi connectivity index (χ2n) is 3.93. The van der Waals surface area contributed by atoms with Gasteiger partial charge >= 0.3 is 0 Å². The first-order valence-electron chi connectivity index (χ1n) is 5.15. The van der Waals surface area contributed by atoms with E-state index in [-0.39, 0.29) is 5.92 Å². The van der Waals surface area contributed by atoms with Gasteiger partial charge in [0.05, 0.1) is 0 Å². The van der Waals surface area contributed by atoms with E-state index in [1.807, 2.05) is 24.3 Å². The minimum atomic E-state index is 0.129. The molecule has 0 spiro atoms. The Labute approximate surface area is 84.1 Å². The maximum Gasteiger partial charge on any atom is 0.140 e. The molecule has 1 saturated carbocycles. The summed E-state index contributed by atoms with van der Waals surface area (Å²) in [5.41, 5.74) is 7.50. The highest BCUT2D eigenvalue weighted by Gasteiger charge is 2.23. The summed E-state index contributed by atoms with van der Waals surface area (Å²) < 4.78 is 0. The molecule has 2 heteroatoms. The van der Waals surface area contributed by atoms with Crippen molar-refractivity contribution in [1.29, 1.82) is 0 Å². The molecule has 0 heterocycles. The Kier molecular flexibility index (Phi) is 2.53. The maximum absolute atomic E-state index is 11.6. The molecule has 2 rings (SSSR count). The molecule has 1 aromatic carbocycles. The van der Waals surface area contributed by atoms with Crippen molar-refractivity contribution in [3.63, 3.8) is 0 Å². The van der Waals surface area contributed by atoms with Crippen LogP contribution in [-0.4, -0.2) is 5.78 Å². The molecule has 74 valence electrons. The number of carbonyl (C=O) groups excluding carboxylic acids is 1. The summed E-state index contributed by atoms with van der Waals surface area (Å²) in [5.74, 6) is 0.519. The van der Waals surface area contributed by atoms with Crippen LogP contribution in [0, 0.1) is 0 Å². The van der Waals surface area contributed by atoms with Crippen LogP contribution < -0.4 is 5.73 Å². The number of nitrogen functional groups attached to an aromatic ring is 1. The molecule has 2 N–H and O–H groups in total. The first-order valence-corrected chi connectivity index (χ1v) is 5.15. The number of nitrogens with two attached hydrogens (primary N) is 1. The first kappa shape index (κ1) is 9.25. The number of Topliss-reactive ketones (excluding diaryl/α,β-unsaturated/α-hetero) is 1. The van der Waals surface area contributed by atoms with Gasteiger partial charge in [-0.1, -0.05) is 18.6 Å². The summed E-state index contributed by atoms with van der Waals surface area (Å²) in [7, 11) is 0. The van der Waals surface area contributed by atoms with Crippen molar-refractivity contribution in [1.82, 2.24) is 0 Å². The quantitative estimate of drug-likeness (QED) is 0.690. The third-order valence-corrected chi connectivity index (χ3v) is 2.89. The average molecular weight is 189 g/mol. The van der Waals surface area contributed by atoms with Crippen LogP contribution in [0.5, 0.6) is 0 Å². The molecule has 0 saturated heterocycles. The molecule has 0 aromatic heterocycles. The predicted molar refractivity (Wildman–Crippen MR) is 57.1 cm³/mol. The van der Waals surface area contributed by atoms with E-state index >= 15 is 0 Å². The molecule has 1 aliphatic carbocycles. The normalized spacial score (nSPS) is 22.3. The fourth-order valence-electron chi connectivity index (χ4n) is 2.06. The lowest BCUT2D eigenvalue weighted by molar-refractivity contribution is -0.121. The fourth-order valence-corrected chi connectivity index (χ4v) is 2.06. The van der Waals surface area contributed by atoms with Gasteiger partial charge in [-0.05, 0) is 30.5 Å². The number of hydrogen-bond acceptors (Lipinski definition) is 2. The van der Waals surface area contributed by atoms with E-state index in [0.29, 0.717) is 5.78 Å². The standard InChI is InChI=1S/C12H15NO/c13-10-7-5-9(6-8-10)11-3-1-2-4-12(11)14/h5-8,11H,1-4,13H2. The van der Waals surface area contributed by atoms with Crippen LogP contribution in [0.1, 0.15) is 37.2 Å². The summed E-state index contributed by atoms with van der Waals surface area (Å²) in [5, 5.41) is 0. The number of hydrogen-bond donors (Lipinski definition) is 1. The summed E-state index contributed by atoms with van der Waals surface area (Å²) in [6.07, 6.45) is 3.98. The van der Waals surface area contributed by atoms with Crippen molar-refractivity contribution in [2.24, 2.45) is 0 Å². The first-order chi connectivity index (χ1) is 6.77. The number of ketones is 1. The monoisotopic (exact) mass is 189 g/mol. The summed E-state index contributed by atoms with van der Waals surface area (Å²) in [4.78, 5) is 11.6. The Bertz CT molecular complexity index is 329. The van der Waals surface area contributed by atoms with E-state index in [4.69, 9.17) is 5.73 Å². The third kappa shape index (κ3) is 1.79. The minimum absolute atomic E-state index is 0.129. The van der Waals surface area contributed by atoms with Crippen molar-refractivity contribution in [2.45, 2.75) is 31.6 Å². The van der Waals surface area contributed by atoms with E-state index in [1.165, 1.54) is 6.42 Å². The van der Waals surface area contributed by atoms with Crippen LogP contribution in [0.4, 0.5) is 5.69 Å². The van der Waals surface area contributed by atoms with E-state index in [0.717, 1.165) is 30.5 Å². The molecule has 0 radical (unpaired) electrons. The second-order valence-corrected chi connectivity index (χ2v) is 3.93. The van der Waals surface area contributed by atoms with Gasteiger partial charge in [0.1, 0.15) is 5.78 Å². The maximum atomic E-state index is 11.6. The number of rotatable bonds is 1. The van der Waals surface area contributed by atoms with Crippen molar-refractivity contribution >= 4 is 11.5 Å². The van der Waals surface area contributed by atoms with Crippen LogP contribution in [0.25, 0.3) is 0 Å². The minimum Gasteiger partial charge on any atom is -0.399 e. The Morgan fingerprint density at radius 2 is 1.86 bits per heavy atom. The molecule has 14 heavy (non-hydrogen) atoms. The lowest BCUT2D eigenvalue weighted by Gasteiger charge is -2.20. The van der Waals surface area contributed by atoms with Gasteiger partial charge in [-0.2, -0.15) is 0 Å². The van der Waals surface area contributed by atoms with Crippen molar-refractivity contribution in [3.8, 4) is 0 Å². The van der Waals surface area contributed by atoms with E-state index in [1.54, 1.807) is 0 Å². The lowest BCUT2D eigenvalue weighted by atomic mass is 9.83. The highest BCUT2D eigenvalue weighted by atomic mass is 16.1. The van der Waals surface area contributed by atoms with Gasteiger partial charge in [0.25, 0.3) is 0 Å². The molecule has 0 amide bonds. The zero-order valence-electron chi connectivity index (χ0n) is 8.20. The van der Waals surface area contributed by atoms with Gasteiger partial charge in [0.15, 0.2) is 0 Å². The zero-order valence-corrected chi connectivity index (χ0v) is 8.20. The number of benzene rings is 1. The van der Waals surface area contributed by atoms with Crippen LogP contribution >= 0.6 is 0 Å². The van der Waals surface area contributed by atoms with E-state index in [2.05, 4.69) is 0 Å². The number of anilines is 1. The molecular formula is C12H15NO. The van der Waals surface area contributed by atoms with Gasteiger partial charge in [-0.25, -0.2) is 0 Å². The predicted octanol–water partition coefficient (Wildman–Crippen LogP) is 2.50. The van der Waals surface area contributed by atoms with E-state index < -0.39 is 0 Å². The largest absolute Gasteiger partial charge is 0.399 e. The van der Waals surface area contributed by atoms with Gasteiger partial charge in [0.2, 0.25) is 0 Å². The number of carbonyl (C=O) groups is 1. The lowest BCUT2D eigenvalue weighted by Crippen LogP contribution is -2.16. The molecule has 2 nitrogen and oxygen atoms in total. The SMILES string of the molecule is Nc1ccc(C2CCCCC2=O)cc1. The molecule has 1 aliphatic rings. The topological polar surface area (TPSA) is 43.1 Å². The van der Waals surface area contributed by atoms with Crippen LogP contribution in [0.3, 0.4) is 0 Å². The summed E-state index contributed by atoms with van der Waals surface area (Å²) in [6, 6.07) is 7.70. The van der Waals surface area contributed by atoms with Crippen molar-refractivity contribution < 1.29 is 4.79 Å². The fraction of sp³-hybridized carbons (Fsp3) is 0.417. The van der Waals surface area contributed by atoms with Gasteiger partial charge in [0, 0.05) is 18.0 Å². The van der Waals surface area contributed by atoms with Gasteiger partial charge < -0.3 is 5.73 Å². The third-order valence-electron chi connectivity index (χ3n) is 2.89. The van der Waals surface area contributed by atoms with Gasteiger partial charge in [-0.15, -0.1) is 0 Å². The molecule has 0 aliphatic heterocycles. The van der Waals surface area contributed by atoms with Crippen molar-refractivity contribution in [2.75, 3.05) is 5.73 Å². The molecule has 1 aromatic rings. The highest BCUT2D eigenvalue weighted by molar-refractivity contribution is 5.86. The second kappa shape index (κ2) is 3.82. The molecule has 0 bridgehead atoms.